The Bertz CT molecular complexity index is 408. The molecule has 0 bridgehead atoms. The molecule has 0 amide bonds. The van der Waals surface area contributed by atoms with Crippen LogP contribution in [0.2, 0.25) is 0 Å². The van der Waals surface area contributed by atoms with Gasteiger partial charge in [0.15, 0.2) is 0 Å². The monoisotopic (exact) mass is 238 g/mol. The molecule has 1 aromatic rings. The first-order chi connectivity index (χ1) is 7.60. The molecule has 86 valence electrons. The zero-order valence-electron chi connectivity index (χ0n) is 9.66. The quantitative estimate of drug-likeness (QED) is 0.592. The summed E-state index contributed by atoms with van der Waals surface area (Å²) in [5.41, 5.74) is 1.91. The lowest BCUT2D eigenvalue weighted by Crippen LogP contribution is -1.95. The van der Waals surface area contributed by atoms with Gasteiger partial charge in [0.25, 0.3) is 0 Å². The zero-order valence-corrected chi connectivity index (χ0v) is 10.4. The molecular formula is C13H15ClO2. The van der Waals surface area contributed by atoms with Crippen LogP contribution in [-0.4, -0.2) is 13.4 Å². The maximum atomic E-state index is 10.3. The van der Waals surface area contributed by atoms with E-state index in [4.69, 9.17) is 16.3 Å². The summed E-state index contributed by atoms with van der Waals surface area (Å²) in [6.07, 6.45) is 2.02. The van der Waals surface area contributed by atoms with E-state index in [-0.39, 0.29) is 0 Å². The summed E-state index contributed by atoms with van der Waals surface area (Å²) in [6.45, 7) is 4.16. The van der Waals surface area contributed by atoms with Crippen molar-refractivity contribution in [2.45, 2.75) is 19.8 Å². The third-order valence-electron chi connectivity index (χ3n) is 2.34. The van der Waals surface area contributed by atoms with E-state index in [2.05, 4.69) is 13.8 Å². The number of aldehydes is 1. The molecule has 0 aromatic heterocycles. The van der Waals surface area contributed by atoms with Crippen molar-refractivity contribution in [2.24, 2.45) is 0 Å². The number of carbonyl (C=O) groups is 1. The van der Waals surface area contributed by atoms with Crippen LogP contribution in [0.3, 0.4) is 0 Å². The van der Waals surface area contributed by atoms with Crippen LogP contribution in [0.5, 0.6) is 5.75 Å². The zero-order chi connectivity index (χ0) is 12.1. The molecule has 1 aromatic carbocycles. The predicted octanol–water partition coefficient (Wildman–Crippen LogP) is 3.60. The normalized spacial score (nSPS) is 11.7. The van der Waals surface area contributed by atoms with E-state index in [1.807, 2.05) is 18.2 Å². The average molecular weight is 239 g/mol. The number of hydrogen-bond acceptors (Lipinski definition) is 2. The molecule has 0 unspecified atom stereocenters. The van der Waals surface area contributed by atoms with E-state index >= 15 is 0 Å². The van der Waals surface area contributed by atoms with Crippen molar-refractivity contribution in [1.29, 1.82) is 0 Å². The Balaban J connectivity index is 3.21. The smallest absolute Gasteiger partial charge is 0.144 e. The summed E-state index contributed by atoms with van der Waals surface area (Å²) in [4.78, 5) is 10.3. The second-order valence-electron chi connectivity index (χ2n) is 3.76. The van der Waals surface area contributed by atoms with Crippen molar-refractivity contribution in [3.8, 4) is 5.75 Å². The van der Waals surface area contributed by atoms with Gasteiger partial charge >= 0.3 is 0 Å². The summed E-state index contributed by atoms with van der Waals surface area (Å²) in [6, 6.07) is 5.66. The number of carbonyl (C=O) groups excluding carboxylic acids is 1. The Morgan fingerprint density at radius 3 is 2.62 bits per heavy atom. The second-order valence-corrected chi connectivity index (χ2v) is 4.17. The molecule has 0 aliphatic carbocycles. The van der Waals surface area contributed by atoms with E-state index in [0.29, 0.717) is 17.2 Å². The van der Waals surface area contributed by atoms with Crippen molar-refractivity contribution in [2.75, 3.05) is 7.11 Å². The van der Waals surface area contributed by atoms with Crippen LogP contribution in [0.25, 0.3) is 5.03 Å². The highest BCUT2D eigenvalue weighted by Crippen LogP contribution is 2.30. The molecule has 3 heteroatoms. The minimum atomic E-state index is 0.343. The highest BCUT2D eigenvalue weighted by atomic mass is 35.5. The van der Waals surface area contributed by atoms with E-state index < -0.39 is 0 Å². The topological polar surface area (TPSA) is 26.3 Å². The van der Waals surface area contributed by atoms with Gasteiger partial charge in [-0.1, -0.05) is 25.4 Å². The van der Waals surface area contributed by atoms with E-state index in [1.165, 1.54) is 6.08 Å². The van der Waals surface area contributed by atoms with Crippen molar-refractivity contribution in [1.82, 2.24) is 0 Å². The number of methoxy groups -OCH3 is 1. The van der Waals surface area contributed by atoms with Gasteiger partial charge in [-0.05, 0) is 41.3 Å². The molecule has 0 spiro atoms. The summed E-state index contributed by atoms with van der Waals surface area (Å²) in [5.74, 6) is 1.19. The standard InChI is InChI=1S/C13H15ClO2/c1-9(2)11-8-10(12(14)6-7-15)4-5-13(11)16-3/h4-9H,1-3H3/b12-6-. The SMILES string of the molecule is COc1ccc(/C(Cl)=C/C=O)cc1C(C)C. The van der Waals surface area contributed by atoms with Gasteiger partial charge in [0.1, 0.15) is 12.0 Å². The highest BCUT2D eigenvalue weighted by molar-refractivity contribution is 6.49. The molecule has 1 rings (SSSR count). The van der Waals surface area contributed by atoms with E-state index in [1.54, 1.807) is 7.11 Å². The summed E-state index contributed by atoms with van der Waals surface area (Å²) >= 11 is 5.97. The highest BCUT2D eigenvalue weighted by Gasteiger charge is 2.09. The fourth-order valence-corrected chi connectivity index (χ4v) is 1.66. The van der Waals surface area contributed by atoms with Gasteiger partial charge in [-0.25, -0.2) is 0 Å². The molecule has 2 nitrogen and oxygen atoms in total. The van der Waals surface area contributed by atoms with Crippen LogP contribution in [0.15, 0.2) is 24.3 Å². The van der Waals surface area contributed by atoms with Gasteiger partial charge in [-0.2, -0.15) is 0 Å². The molecule has 0 heterocycles. The van der Waals surface area contributed by atoms with Gasteiger partial charge in [0, 0.05) is 0 Å². The molecule has 0 aliphatic heterocycles. The third kappa shape index (κ3) is 2.86. The van der Waals surface area contributed by atoms with Gasteiger partial charge in [0.2, 0.25) is 0 Å². The van der Waals surface area contributed by atoms with Crippen LogP contribution in [0.1, 0.15) is 30.9 Å². The first-order valence-electron chi connectivity index (χ1n) is 5.09. The molecule has 16 heavy (non-hydrogen) atoms. The average Bonchev–Trinajstić information content (AvgIpc) is 2.28. The molecule has 0 fully saturated rings. The maximum Gasteiger partial charge on any atom is 0.144 e. The van der Waals surface area contributed by atoms with Crippen molar-refractivity contribution >= 4 is 22.9 Å². The molecule has 0 atom stereocenters. The number of hydrogen-bond donors (Lipinski definition) is 0. The second kappa shape index (κ2) is 5.71. The van der Waals surface area contributed by atoms with Crippen molar-refractivity contribution in [3.63, 3.8) is 0 Å². The van der Waals surface area contributed by atoms with Gasteiger partial charge in [-0.15, -0.1) is 0 Å². The Labute approximate surface area is 101 Å². The molecule has 0 aliphatic rings. The molecule has 0 radical (unpaired) electrons. The summed E-state index contributed by atoms with van der Waals surface area (Å²) in [5, 5.41) is 0.444. The van der Waals surface area contributed by atoms with Crippen molar-refractivity contribution in [3.05, 3.63) is 35.4 Å². The lowest BCUT2D eigenvalue weighted by Gasteiger charge is -2.13. The molecular weight excluding hydrogens is 224 g/mol. The Morgan fingerprint density at radius 2 is 2.12 bits per heavy atom. The number of halogens is 1. The Morgan fingerprint density at radius 1 is 1.44 bits per heavy atom. The van der Waals surface area contributed by atoms with Crippen LogP contribution in [0.4, 0.5) is 0 Å². The minimum Gasteiger partial charge on any atom is -0.496 e. The van der Waals surface area contributed by atoms with Gasteiger partial charge in [-0.3, -0.25) is 4.79 Å². The predicted molar refractivity (Wildman–Crippen MR) is 67.0 cm³/mol. The molecule has 0 saturated heterocycles. The van der Waals surface area contributed by atoms with Gasteiger partial charge < -0.3 is 4.74 Å². The van der Waals surface area contributed by atoms with Gasteiger partial charge in [0.05, 0.1) is 12.1 Å². The lowest BCUT2D eigenvalue weighted by atomic mass is 9.99. The van der Waals surface area contributed by atoms with Crippen LogP contribution in [-0.2, 0) is 4.79 Å². The Kier molecular flexibility index (Phi) is 4.56. The van der Waals surface area contributed by atoms with Crippen LogP contribution >= 0.6 is 11.6 Å². The Hall–Kier alpha value is -1.28. The molecule has 0 N–H and O–H groups in total. The summed E-state index contributed by atoms with van der Waals surface area (Å²) < 4.78 is 5.27. The first-order valence-corrected chi connectivity index (χ1v) is 5.47. The van der Waals surface area contributed by atoms with E-state index in [9.17, 15) is 4.79 Å². The van der Waals surface area contributed by atoms with Crippen LogP contribution < -0.4 is 4.74 Å². The van der Waals surface area contributed by atoms with Crippen LogP contribution in [0, 0.1) is 0 Å². The lowest BCUT2D eigenvalue weighted by molar-refractivity contribution is -0.104. The molecule has 0 saturated carbocycles. The largest absolute Gasteiger partial charge is 0.496 e. The first kappa shape index (κ1) is 12.8. The number of allylic oxidation sites excluding steroid dienone is 1. The third-order valence-corrected chi connectivity index (χ3v) is 2.69. The maximum absolute atomic E-state index is 10.3. The van der Waals surface area contributed by atoms with Crippen molar-refractivity contribution < 1.29 is 9.53 Å². The summed E-state index contributed by atoms with van der Waals surface area (Å²) in [7, 11) is 1.64. The fourth-order valence-electron chi connectivity index (χ4n) is 1.49. The number of benzene rings is 1. The number of ether oxygens (including phenoxy) is 1. The van der Waals surface area contributed by atoms with E-state index in [0.717, 1.165) is 16.9 Å². The fraction of sp³-hybridized carbons (Fsp3) is 0.308. The number of rotatable bonds is 4. The minimum absolute atomic E-state index is 0.343.